The molecule has 1 aromatic rings. The summed E-state index contributed by atoms with van der Waals surface area (Å²) in [7, 11) is 0. The summed E-state index contributed by atoms with van der Waals surface area (Å²) in [5.41, 5.74) is 1.87. The van der Waals surface area contributed by atoms with Gasteiger partial charge in [-0.25, -0.2) is 4.79 Å². The summed E-state index contributed by atoms with van der Waals surface area (Å²) >= 11 is 0. The van der Waals surface area contributed by atoms with E-state index < -0.39 is 5.83 Å². The molecule has 140 valence electrons. The summed E-state index contributed by atoms with van der Waals surface area (Å²) in [6, 6.07) is 9.23. The molecule has 0 saturated heterocycles. The Labute approximate surface area is 155 Å². The monoisotopic (exact) mass is 357 g/mol. The molecule has 2 rings (SSSR count). The molecular formula is C22H28FNO2. The van der Waals surface area contributed by atoms with Gasteiger partial charge >= 0.3 is 5.97 Å². The fourth-order valence-corrected chi connectivity index (χ4v) is 3.44. The Morgan fingerprint density at radius 3 is 2.58 bits per heavy atom. The standard InChI is InChI=1S/C22H28FNO2/c1-2-3-5-17-8-12-19(13-9-17)22(25)26-21-14-10-18(11-15-21)6-4-7-20(23)16-24/h7-9,12-13,18,21H,2-6,10-11,14-15H2,1H3/b20-7+. The minimum atomic E-state index is -0.701. The van der Waals surface area contributed by atoms with Crippen LogP contribution in [-0.4, -0.2) is 12.1 Å². The quantitative estimate of drug-likeness (QED) is 0.430. The molecule has 3 nitrogen and oxygen atoms in total. The van der Waals surface area contributed by atoms with Crippen LogP contribution in [0.1, 0.15) is 74.2 Å². The molecule has 1 saturated carbocycles. The van der Waals surface area contributed by atoms with E-state index in [2.05, 4.69) is 6.92 Å². The minimum Gasteiger partial charge on any atom is -0.459 e. The van der Waals surface area contributed by atoms with Gasteiger partial charge in [-0.3, -0.25) is 0 Å². The molecule has 1 fully saturated rings. The number of rotatable bonds is 8. The Balaban J connectivity index is 1.73. The van der Waals surface area contributed by atoms with Gasteiger partial charge in [-0.1, -0.05) is 25.5 Å². The Hall–Kier alpha value is -2.15. The van der Waals surface area contributed by atoms with E-state index in [0.717, 1.165) is 51.4 Å². The predicted octanol–water partition coefficient (Wildman–Crippen LogP) is 5.90. The van der Waals surface area contributed by atoms with Crippen molar-refractivity contribution < 1.29 is 13.9 Å². The van der Waals surface area contributed by atoms with Crippen molar-refractivity contribution >= 4 is 5.97 Å². The minimum absolute atomic E-state index is 0.0232. The van der Waals surface area contributed by atoms with E-state index in [9.17, 15) is 9.18 Å². The average molecular weight is 357 g/mol. The number of nitriles is 1. The number of hydrogen-bond acceptors (Lipinski definition) is 3. The van der Waals surface area contributed by atoms with Crippen LogP contribution in [-0.2, 0) is 11.2 Å². The molecule has 4 heteroatoms. The van der Waals surface area contributed by atoms with Crippen LogP contribution in [0.3, 0.4) is 0 Å². The molecule has 1 aromatic carbocycles. The third-order valence-electron chi connectivity index (χ3n) is 5.08. The van der Waals surface area contributed by atoms with Gasteiger partial charge < -0.3 is 4.74 Å². The Morgan fingerprint density at radius 1 is 1.27 bits per heavy atom. The number of carbonyl (C=O) groups is 1. The molecule has 0 atom stereocenters. The first-order chi connectivity index (χ1) is 12.6. The van der Waals surface area contributed by atoms with Crippen LogP contribution in [0.2, 0.25) is 0 Å². The first kappa shape index (κ1) is 20.2. The zero-order valence-electron chi connectivity index (χ0n) is 15.5. The lowest BCUT2D eigenvalue weighted by atomic mass is 9.84. The Morgan fingerprint density at radius 2 is 1.96 bits per heavy atom. The maximum atomic E-state index is 12.8. The number of benzene rings is 1. The molecule has 0 radical (unpaired) electrons. The lowest BCUT2D eigenvalue weighted by molar-refractivity contribution is 0.0162. The summed E-state index contributed by atoms with van der Waals surface area (Å²) in [6.07, 6.45) is 9.86. The van der Waals surface area contributed by atoms with E-state index in [1.54, 1.807) is 0 Å². The molecule has 26 heavy (non-hydrogen) atoms. The van der Waals surface area contributed by atoms with Crippen molar-refractivity contribution in [1.29, 1.82) is 5.26 Å². The normalized spacial score (nSPS) is 20.4. The Kier molecular flexibility index (Phi) is 8.34. The van der Waals surface area contributed by atoms with Crippen LogP contribution >= 0.6 is 0 Å². The van der Waals surface area contributed by atoms with Crippen molar-refractivity contribution in [1.82, 2.24) is 0 Å². The van der Waals surface area contributed by atoms with Crippen LogP contribution < -0.4 is 0 Å². The number of ether oxygens (including phenoxy) is 1. The molecule has 0 aliphatic heterocycles. The number of nitrogens with zero attached hydrogens (tertiary/aromatic N) is 1. The topological polar surface area (TPSA) is 50.1 Å². The van der Waals surface area contributed by atoms with Crippen LogP contribution in [0.25, 0.3) is 0 Å². The summed E-state index contributed by atoms with van der Waals surface area (Å²) in [5.74, 6) is -0.423. The molecular weight excluding hydrogens is 329 g/mol. The molecule has 0 bridgehead atoms. The van der Waals surface area contributed by atoms with E-state index in [1.165, 1.54) is 17.7 Å². The second-order valence-corrected chi connectivity index (χ2v) is 7.09. The Bertz CT molecular complexity index is 637. The van der Waals surface area contributed by atoms with Gasteiger partial charge in [-0.05, 0) is 81.1 Å². The maximum absolute atomic E-state index is 12.8. The second kappa shape index (κ2) is 10.8. The zero-order valence-corrected chi connectivity index (χ0v) is 15.5. The highest BCUT2D eigenvalue weighted by Gasteiger charge is 2.24. The second-order valence-electron chi connectivity index (χ2n) is 7.09. The summed E-state index contributed by atoms with van der Waals surface area (Å²) in [6.45, 7) is 2.17. The maximum Gasteiger partial charge on any atom is 0.338 e. The SMILES string of the molecule is CCCCc1ccc(C(=O)OC2CCC(CC/C=C(/F)C#N)CC2)cc1. The van der Waals surface area contributed by atoms with E-state index in [-0.39, 0.29) is 12.1 Å². The highest BCUT2D eigenvalue weighted by molar-refractivity contribution is 5.89. The van der Waals surface area contributed by atoms with Gasteiger partial charge in [0.25, 0.3) is 0 Å². The zero-order chi connectivity index (χ0) is 18.8. The van der Waals surface area contributed by atoms with E-state index in [0.29, 0.717) is 17.9 Å². The van der Waals surface area contributed by atoms with Gasteiger partial charge in [0.05, 0.1) is 5.56 Å². The van der Waals surface area contributed by atoms with Gasteiger partial charge in [0.1, 0.15) is 12.2 Å². The summed E-state index contributed by atoms with van der Waals surface area (Å²) in [5, 5.41) is 8.40. The first-order valence-electron chi connectivity index (χ1n) is 9.68. The third kappa shape index (κ3) is 6.63. The molecule has 0 aromatic heterocycles. The fraction of sp³-hybridized carbons (Fsp3) is 0.545. The van der Waals surface area contributed by atoms with Crippen LogP contribution in [0.15, 0.2) is 36.2 Å². The van der Waals surface area contributed by atoms with Crippen molar-refractivity contribution in [3.8, 4) is 6.07 Å². The summed E-state index contributed by atoms with van der Waals surface area (Å²) < 4.78 is 18.4. The molecule has 0 N–H and O–H groups in total. The smallest absolute Gasteiger partial charge is 0.338 e. The highest BCUT2D eigenvalue weighted by Crippen LogP contribution is 2.30. The van der Waals surface area contributed by atoms with Gasteiger partial charge in [-0.15, -0.1) is 0 Å². The highest BCUT2D eigenvalue weighted by atomic mass is 19.1. The van der Waals surface area contributed by atoms with Crippen molar-refractivity contribution in [2.24, 2.45) is 5.92 Å². The number of unbranched alkanes of at least 4 members (excludes halogenated alkanes) is 1. The lowest BCUT2D eigenvalue weighted by Crippen LogP contribution is -2.24. The van der Waals surface area contributed by atoms with Crippen LogP contribution in [0, 0.1) is 17.2 Å². The average Bonchev–Trinajstić information content (AvgIpc) is 2.68. The van der Waals surface area contributed by atoms with Gasteiger partial charge in [-0.2, -0.15) is 9.65 Å². The molecule has 1 aliphatic carbocycles. The number of esters is 1. The molecule has 0 spiro atoms. The lowest BCUT2D eigenvalue weighted by Gasteiger charge is -2.28. The van der Waals surface area contributed by atoms with E-state index >= 15 is 0 Å². The largest absolute Gasteiger partial charge is 0.459 e. The van der Waals surface area contributed by atoms with Crippen LogP contribution in [0.4, 0.5) is 4.39 Å². The number of halogens is 1. The predicted molar refractivity (Wildman–Crippen MR) is 100 cm³/mol. The molecule has 0 amide bonds. The third-order valence-corrected chi connectivity index (χ3v) is 5.08. The van der Waals surface area contributed by atoms with Gasteiger partial charge in [0.15, 0.2) is 5.83 Å². The van der Waals surface area contributed by atoms with Crippen molar-refractivity contribution in [3.05, 3.63) is 47.3 Å². The van der Waals surface area contributed by atoms with Gasteiger partial charge in [0, 0.05) is 0 Å². The number of aryl methyl sites for hydroxylation is 1. The van der Waals surface area contributed by atoms with Gasteiger partial charge in [0.2, 0.25) is 0 Å². The van der Waals surface area contributed by atoms with Crippen molar-refractivity contribution in [3.63, 3.8) is 0 Å². The number of hydrogen-bond donors (Lipinski definition) is 0. The number of carbonyl (C=O) groups excluding carboxylic acids is 1. The molecule has 0 unspecified atom stereocenters. The first-order valence-corrected chi connectivity index (χ1v) is 9.68. The summed E-state index contributed by atoms with van der Waals surface area (Å²) in [4.78, 5) is 12.3. The van der Waals surface area contributed by atoms with E-state index in [1.807, 2.05) is 24.3 Å². The molecule has 1 aliphatic rings. The molecule has 0 heterocycles. The fourth-order valence-electron chi connectivity index (χ4n) is 3.44. The van der Waals surface area contributed by atoms with Crippen molar-refractivity contribution in [2.45, 2.75) is 70.8 Å². The van der Waals surface area contributed by atoms with Crippen LogP contribution in [0.5, 0.6) is 0 Å². The van der Waals surface area contributed by atoms with Crippen molar-refractivity contribution in [2.75, 3.05) is 0 Å². The number of allylic oxidation sites excluding steroid dienone is 2. The van der Waals surface area contributed by atoms with E-state index in [4.69, 9.17) is 10.00 Å².